The van der Waals surface area contributed by atoms with Crippen LogP contribution in [0.4, 0.5) is 38.0 Å². The summed E-state index contributed by atoms with van der Waals surface area (Å²) in [6, 6.07) is 3.02. The number of pyridine rings is 1. The molecule has 2 aliphatic rings. The first-order valence-electron chi connectivity index (χ1n) is 14.7. The second kappa shape index (κ2) is 13.5. The molecule has 246 valence electrons. The molecule has 0 saturated heterocycles. The highest BCUT2D eigenvalue weighted by Crippen LogP contribution is 2.38. The average Bonchev–Trinajstić information content (AvgIpc) is 3.62. The first kappa shape index (κ1) is 33.8. The minimum Gasteiger partial charge on any atom is -0.373 e. The summed E-state index contributed by atoms with van der Waals surface area (Å²) in [6.07, 6.45) is -4.78. The van der Waals surface area contributed by atoms with E-state index in [1.54, 1.807) is 24.9 Å². The largest absolute Gasteiger partial charge is 0.416 e. The lowest BCUT2D eigenvalue weighted by Gasteiger charge is -2.31. The number of nitrogens with two attached hydrogens (primary N) is 1. The van der Waals surface area contributed by atoms with Crippen molar-refractivity contribution in [3.63, 3.8) is 0 Å². The van der Waals surface area contributed by atoms with Gasteiger partial charge in [-0.3, -0.25) is 9.69 Å². The zero-order chi connectivity index (χ0) is 33.1. The van der Waals surface area contributed by atoms with Crippen LogP contribution in [-0.4, -0.2) is 48.1 Å². The number of alkyl halides is 6. The van der Waals surface area contributed by atoms with Gasteiger partial charge in [-0.05, 0) is 68.4 Å². The van der Waals surface area contributed by atoms with Crippen LogP contribution in [0.3, 0.4) is 0 Å². The maximum Gasteiger partial charge on any atom is 0.416 e. The lowest BCUT2D eigenvalue weighted by Crippen LogP contribution is -2.41. The number of rotatable bonds is 11. The van der Waals surface area contributed by atoms with Crippen LogP contribution >= 0.6 is 0 Å². The predicted octanol–water partition coefficient (Wildman–Crippen LogP) is 5.93. The molecule has 4 rings (SSSR count). The Labute approximate surface area is 257 Å². The Morgan fingerprint density at radius 1 is 1.00 bits per heavy atom. The van der Waals surface area contributed by atoms with Crippen LogP contribution in [0.15, 0.2) is 29.4 Å². The molecule has 0 bridgehead atoms. The number of hydrogen-bond donors (Lipinski definition) is 4. The van der Waals surface area contributed by atoms with Gasteiger partial charge >= 0.3 is 12.4 Å². The Bertz CT molecular complexity index is 1400. The van der Waals surface area contributed by atoms with Crippen LogP contribution in [0.25, 0.3) is 0 Å². The van der Waals surface area contributed by atoms with Crippen molar-refractivity contribution in [3.8, 4) is 0 Å². The van der Waals surface area contributed by atoms with Gasteiger partial charge < -0.3 is 26.8 Å². The molecule has 5 N–H and O–H groups in total. The molecule has 0 radical (unpaired) electrons. The van der Waals surface area contributed by atoms with E-state index in [-0.39, 0.29) is 47.6 Å². The number of hydrogen-bond acceptors (Lipinski definition) is 6. The van der Waals surface area contributed by atoms with Gasteiger partial charge in [-0.2, -0.15) is 26.3 Å². The van der Waals surface area contributed by atoms with Gasteiger partial charge in [0.25, 0.3) is 0 Å². The van der Waals surface area contributed by atoms with E-state index in [1.165, 1.54) is 11.9 Å². The maximum atomic E-state index is 13.9. The Kier molecular flexibility index (Phi) is 10.2. The van der Waals surface area contributed by atoms with Crippen molar-refractivity contribution >= 4 is 29.2 Å². The second-order valence-electron chi connectivity index (χ2n) is 11.6. The van der Waals surface area contributed by atoms with Gasteiger partial charge in [0.2, 0.25) is 11.9 Å². The first-order chi connectivity index (χ1) is 21.1. The number of hydrazone groups is 1. The fraction of sp³-hybridized carbons (Fsp3) is 0.533. The fourth-order valence-corrected chi connectivity index (χ4v) is 5.54. The number of amides is 1. The Morgan fingerprint density at radius 2 is 1.60 bits per heavy atom. The van der Waals surface area contributed by atoms with Crippen LogP contribution in [0.2, 0.25) is 0 Å². The van der Waals surface area contributed by atoms with Crippen LogP contribution in [0.5, 0.6) is 0 Å². The molecular formula is C30H38F6N8O. The molecule has 1 aromatic heterocycles. The summed E-state index contributed by atoms with van der Waals surface area (Å²) < 4.78 is 81.8. The number of aromatic nitrogens is 1. The molecule has 0 unspecified atom stereocenters. The Morgan fingerprint density at radius 3 is 2.09 bits per heavy atom. The van der Waals surface area contributed by atoms with E-state index in [0.29, 0.717) is 41.4 Å². The molecule has 1 heterocycles. The summed E-state index contributed by atoms with van der Waals surface area (Å²) in [6.45, 7) is 1.32. The highest BCUT2D eigenvalue weighted by molar-refractivity contribution is 6.02. The molecule has 9 nitrogen and oxygen atoms in total. The lowest BCUT2D eigenvalue weighted by molar-refractivity contribution is -0.143. The summed E-state index contributed by atoms with van der Waals surface area (Å²) in [5.74, 6) is 0.471. The Balaban J connectivity index is 1.84. The summed E-state index contributed by atoms with van der Waals surface area (Å²) in [5.41, 5.74) is 6.52. The van der Waals surface area contributed by atoms with E-state index in [9.17, 15) is 31.1 Å². The van der Waals surface area contributed by atoms with Gasteiger partial charge in [0.1, 0.15) is 11.6 Å². The van der Waals surface area contributed by atoms with Gasteiger partial charge in [-0.25, -0.2) is 4.98 Å². The topological polar surface area (TPSA) is 123 Å². The molecule has 1 aromatic carbocycles. The van der Waals surface area contributed by atoms with Gasteiger partial charge in [0.05, 0.1) is 11.1 Å². The maximum absolute atomic E-state index is 13.9. The molecule has 15 heteroatoms. The van der Waals surface area contributed by atoms with E-state index in [0.717, 1.165) is 38.5 Å². The highest BCUT2D eigenvalue weighted by atomic mass is 19.4. The second-order valence-corrected chi connectivity index (χ2v) is 11.6. The third kappa shape index (κ3) is 8.37. The normalized spacial score (nSPS) is 16.1. The van der Waals surface area contributed by atoms with Gasteiger partial charge in [-0.15, -0.1) is 5.10 Å². The van der Waals surface area contributed by atoms with Crippen molar-refractivity contribution in [2.75, 3.05) is 30.9 Å². The van der Waals surface area contributed by atoms with Crippen LogP contribution < -0.4 is 21.4 Å². The SMILES string of the molecule is CN/N=C(\N)N(Cc1cc(C(F)(F)F)cc(C(F)(F)F)c1)Cc1cc(C(C)=N)c(NC)nc1N(CC1CC1)C(=O)C1CCCC1. The number of nitrogens with zero attached hydrogens (tertiary/aromatic N) is 4. The molecule has 0 atom stereocenters. The average molecular weight is 641 g/mol. The van der Waals surface area contributed by atoms with E-state index in [4.69, 9.17) is 16.1 Å². The smallest absolute Gasteiger partial charge is 0.373 e. The fourth-order valence-electron chi connectivity index (χ4n) is 5.54. The molecule has 45 heavy (non-hydrogen) atoms. The minimum atomic E-state index is -5.02. The van der Waals surface area contributed by atoms with E-state index in [2.05, 4.69) is 15.8 Å². The molecule has 0 aliphatic heterocycles. The molecule has 2 aliphatic carbocycles. The van der Waals surface area contributed by atoms with Crippen molar-refractivity contribution in [2.45, 2.75) is 70.9 Å². The summed E-state index contributed by atoms with van der Waals surface area (Å²) in [4.78, 5) is 21.6. The van der Waals surface area contributed by atoms with Crippen LogP contribution in [-0.2, 0) is 30.2 Å². The van der Waals surface area contributed by atoms with Crippen LogP contribution in [0.1, 0.15) is 73.3 Å². The van der Waals surface area contributed by atoms with Gasteiger partial charge in [0.15, 0.2) is 0 Å². The number of nitrogens with one attached hydrogen (secondary N) is 3. The van der Waals surface area contributed by atoms with E-state index in [1.807, 2.05) is 0 Å². The van der Waals surface area contributed by atoms with E-state index >= 15 is 0 Å². The van der Waals surface area contributed by atoms with Crippen molar-refractivity contribution in [1.82, 2.24) is 15.3 Å². The van der Waals surface area contributed by atoms with Crippen molar-refractivity contribution in [2.24, 2.45) is 22.7 Å². The van der Waals surface area contributed by atoms with Crippen molar-refractivity contribution < 1.29 is 31.1 Å². The van der Waals surface area contributed by atoms with Crippen LogP contribution in [0, 0.1) is 17.2 Å². The number of carbonyl (C=O) groups excluding carboxylic acids is 1. The summed E-state index contributed by atoms with van der Waals surface area (Å²) >= 11 is 0. The monoisotopic (exact) mass is 640 g/mol. The van der Waals surface area contributed by atoms with Gasteiger partial charge in [0, 0.05) is 56.5 Å². The molecule has 1 amide bonds. The summed E-state index contributed by atoms with van der Waals surface area (Å²) in [5, 5.41) is 15.3. The zero-order valence-corrected chi connectivity index (χ0v) is 25.4. The molecule has 2 fully saturated rings. The molecule has 0 spiro atoms. The number of anilines is 2. The predicted molar refractivity (Wildman–Crippen MR) is 160 cm³/mol. The quantitative estimate of drug-likeness (QED) is 0.105. The molecular weight excluding hydrogens is 602 g/mol. The third-order valence-corrected chi connectivity index (χ3v) is 8.02. The third-order valence-electron chi connectivity index (χ3n) is 8.02. The highest BCUT2D eigenvalue weighted by Gasteiger charge is 2.38. The van der Waals surface area contributed by atoms with Gasteiger partial charge in [-0.1, -0.05) is 12.8 Å². The van der Waals surface area contributed by atoms with E-state index < -0.39 is 30.0 Å². The summed E-state index contributed by atoms with van der Waals surface area (Å²) in [7, 11) is 3.08. The zero-order valence-electron chi connectivity index (χ0n) is 25.4. The molecule has 2 saturated carbocycles. The number of guanidine groups is 1. The molecule has 2 aromatic rings. The lowest BCUT2D eigenvalue weighted by atomic mass is 10.0. The number of carbonyl (C=O) groups is 1. The standard InChI is InChI=1S/C30H38F6N8O/c1-17(37)24-12-21(26(41-25(24)39-2)44(15-18-8-9-18)27(45)20-6-4-5-7-20)16-43(28(38)42-40-3)14-19-10-22(29(31,32)33)13-23(11-19)30(34,35)36/h10-13,18,20,37,40H,4-9,14-16H2,1-3H3,(H2,38,42)(H,39,41). The van der Waals surface area contributed by atoms with Crippen molar-refractivity contribution in [3.05, 3.63) is 52.1 Å². The number of halogens is 6. The van der Waals surface area contributed by atoms with Crippen molar-refractivity contribution in [1.29, 1.82) is 5.41 Å². The number of benzene rings is 1. The minimum absolute atomic E-state index is 0.0703. The first-order valence-corrected chi connectivity index (χ1v) is 14.7. The Hall–Kier alpha value is -4.04.